The molecule has 2 aromatic heterocycles. The Morgan fingerprint density at radius 3 is 2.20 bits per heavy atom. The zero-order valence-corrected chi connectivity index (χ0v) is 8.76. The van der Waals surface area contributed by atoms with Gasteiger partial charge in [0.05, 0.1) is 15.7 Å². The molecule has 4 heteroatoms. The predicted octanol–water partition coefficient (Wildman–Crippen LogP) is 2.77. The van der Waals surface area contributed by atoms with Crippen LogP contribution in [0.2, 0.25) is 0 Å². The van der Waals surface area contributed by atoms with Gasteiger partial charge in [-0.3, -0.25) is 0 Å². The first-order valence-corrected chi connectivity index (χ1v) is 5.35. The fourth-order valence-electron chi connectivity index (χ4n) is 1.06. The molecule has 0 N–H and O–H groups in total. The van der Waals surface area contributed by atoms with Crippen LogP contribution in [0.5, 0.6) is 0 Å². The molecule has 1 aromatic carbocycles. The Hall–Kier alpha value is -1.81. The molecule has 0 aliphatic carbocycles. The monoisotopic (exact) mass is 215 g/mol. The fraction of sp³-hybridized carbons (Fsp3) is 0. The second kappa shape index (κ2) is 5.17. The van der Waals surface area contributed by atoms with E-state index < -0.39 is 0 Å². The summed E-state index contributed by atoms with van der Waals surface area (Å²) in [7, 11) is 0. The second-order valence-electron chi connectivity index (χ2n) is 2.73. The number of benzene rings is 1. The first-order valence-electron chi connectivity index (χ1n) is 4.47. The molecule has 0 fully saturated rings. The van der Waals surface area contributed by atoms with Crippen molar-refractivity contribution in [2.75, 3.05) is 0 Å². The molecule has 0 atom stereocenters. The van der Waals surface area contributed by atoms with Crippen LogP contribution in [0.15, 0.2) is 54.3 Å². The minimum atomic E-state index is 1.10. The zero-order chi connectivity index (χ0) is 10.3. The lowest BCUT2D eigenvalue weighted by molar-refractivity contribution is 1.03. The third-order valence-electron chi connectivity index (χ3n) is 1.72. The van der Waals surface area contributed by atoms with Crippen molar-refractivity contribution >= 4 is 21.6 Å². The minimum absolute atomic E-state index is 1.10. The van der Waals surface area contributed by atoms with E-state index in [1.165, 1.54) is 4.70 Å². The average molecular weight is 215 g/mol. The maximum absolute atomic E-state index is 4.14. The predicted molar refractivity (Wildman–Crippen MR) is 61.7 cm³/mol. The third kappa shape index (κ3) is 2.82. The van der Waals surface area contributed by atoms with Crippen LogP contribution in [-0.4, -0.2) is 15.2 Å². The smallest absolute Gasteiger partial charge is 0.0812 e. The average Bonchev–Trinajstić information content (AvgIpc) is 2.80. The molecule has 3 rings (SSSR count). The van der Waals surface area contributed by atoms with Crippen molar-refractivity contribution in [2.45, 2.75) is 0 Å². The molecule has 0 radical (unpaired) electrons. The highest BCUT2D eigenvalue weighted by molar-refractivity contribution is 7.16. The summed E-state index contributed by atoms with van der Waals surface area (Å²) in [6.07, 6.45) is 3.28. The van der Waals surface area contributed by atoms with E-state index in [1.807, 2.05) is 35.8 Å². The summed E-state index contributed by atoms with van der Waals surface area (Å²) in [4.78, 5) is 4.14. The maximum atomic E-state index is 4.14. The highest BCUT2D eigenvalue weighted by atomic mass is 32.1. The van der Waals surface area contributed by atoms with Gasteiger partial charge in [-0.05, 0) is 24.3 Å². The lowest BCUT2D eigenvalue weighted by Gasteiger charge is -1.80. The van der Waals surface area contributed by atoms with Gasteiger partial charge in [0, 0.05) is 12.4 Å². The van der Waals surface area contributed by atoms with E-state index in [4.69, 9.17) is 0 Å². The van der Waals surface area contributed by atoms with Crippen LogP contribution >= 0.6 is 11.3 Å². The number of hydrogen-bond donors (Lipinski definition) is 0. The molecular weight excluding hydrogens is 206 g/mol. The Bertz CT molecular complexity index is 450. The Kier molecular flexibility index (Phi) is 3.35. The van der Waals surface area contributed by atoms with Gasteiger partial charge >= 0.3 is 0 Å². The number of aromatic nitrogens is 3. The van der Waals surface area contributed by atoms with Gasteiger partial charge in [-0.2, -0.15) is 10.2 Å². The summed E-state index contributed by atoms with van der Waals surface area (Å²) >= 11 is 1.68. The molecular formula is C11H9N3S. The van der Waals surface area contributed by atoms with Crippen molar-refractivity contribution in [3.63, 3.8) is 0 Å². The zero-order valence-electron chi connectivity index (χ0n) is 7.95. The van der Waals surface area contributed by atoms with Crippen LogP contribution in [-0.2, 0) is 0 Å². The van der Waals surface area contributed by atoms with Crippen LogP contribution in [0, 0.1) is 0 Å². The van der Waals surface area contributed by atoms with Gasteiger partial charge in [0.2, 0.25) is 0 Å². The van der Waals surface area contributed by atoms with Gasteiger partial charge in [-0.15, -0.1) is 11.3 Å². The van der Waals surface area contributed by atoms with Crippen molar-refractivity contribution in [1.82, 2.24) is 15.2 Å². The molecule has 3 aromatic rings. The molecule has 0 spiro atoms. The minimum Gasteiger partial charge on any atom is -0.245 e. The van der Waals surface area contributed by atoms with Crippen molar-refractivity contribution in [2.24, 2.45) is 0 Å². The molecule has 0 aliphatic rings. The number of fused-ring (bicyclic) bond motifs is 1. The van der Waals surface area contributed by atoms with Gasteiger partial charge in [0.15, 0.2) is 0 Å². The van der Waals surface area contributed by atoms with E-state index >= 15 is 0 Å². The summed E-state index contributed by atoms with van der Waals surface area (Å²) in [5.74, 6) is 0. The fourth-order valence-corrected chi connectivity index (χ4v) is 1.74. The van der Waals surface area contributed by atoms with Gasteiger partial charge in [0.25, 0.3) is 0 Å². The van der Waals surface area contributed by atoms with Crippen LogP contribution in [0.4, 0.5) is 0 Å². The molecule has 2 heterocycles. The van der Waals surface area contributed by atoms with Crippen LogP contribution in [0.3, 0.4) is 0 Å². The SMILES string of the molecule is c1ccc2scnc2c1.c1ccnnc1. The molecule has 0 aliphatic heterocycles. The lowest BCUT2D eigenvalue weighted by Crippen LogP contribution is -1.69. The molecule has 74 valence electrons. The number of hydrogen-bond acceptors (Lipinski definition) is 4. The Balaban J connectivity index is 0.000000124. The van der Waals surface area contributed by atoms with Gasteiger partial charge < -0.3 is 0 Å². The standard InChI is InChI=1S/C7H5NS.C4H4N2/c1-2-4-7-6(3-1)8-5-9-7;1-2-4-6-5-3-1/h1-5H;1-4H. The Morgan fingerprint density at radius 2 is 1.60 bits per heavy atom. The maximum Gasteiger partial charge on any atom is 0.0812 e. The Labute approximate surface area is 91.4 Å². The molecule has 0 saturated heterocycles. The van der Waals surface area contributed by atoms with E-state index in [9.17, 15) is 0 Å². The van der Waals surface area contributed by atoms with E-state index in [2.05, 4.69) is 21.2 Å². The van der Waals surface area contributed by atoms with Gasteiger partial charge in [-0.1, -0.05) is 12.1 Å². The van der Waals surface area contributed by atoms with Crippen LogP contribution < -0.4 is 0 Å². The highest BCUT2D eigenvalue weighted by Crippen LogP contribution is 2.15. The number of thiazole rings is 1. The van der Waals surface area contributed by atoms with Gasteiger partial charge in [0.1, 0.15) is 0 Å². The first kappa shape index (κ1) is 9.73. The Morgan fingerprint density at radius 1 is 0.867 bits per heavy atom. The highest BCUT2D eigenvalue weighted by Gasteiger charge is 1.89. The van der Waals surface area contributed by atoms with E-state index in [0.717, 1.165) is 5.52 Å². The van der Waals surface area contributed by atoms with E-state index in [-0.39, 0.29) is 0 Å². The summed E-state index contributed by atoms with van der Waals surface area (Å²) in [5.41, 5.74) is 2.97. The van der Waals surface area contributed by atoms with E-state index in [1.54, 1.807) is 23.7 Å². The molecule has 0 amide bonds. The summed E-state index contributed by atoms with van der Waals surface area (Å²) < 4.78 is 1.26. The van der Waals surface area contributed by atoms with Crippen molar-refractivity contribution in [3.05, 3.63) is 54.3 Å². The largest absolute Gasteiger partial charge is 0.245 e. The lowest BCUT2D eigenvalue weighted by atomic mass is 10.3. The van der Waals surface area contributed by atoms with E-state index in [0.29, 0.717) is 0 Å². The van der Waals surface area contributed by atoms with Gasteiger partial charge in [-0.25, -0.2) is 4.98 Å². The van der Waals surface area contributed by atoms with Crippen molar-refractivity contribution < 1.29 is 0 Å². The van der Waals surface area contributed by atoms with Crippen LogP contribution in [0.1, 0.15) is 0 Å². The summed E-state index contributed by atoms with van der Waals surface area (Å²) in [6, 6.07) is 11.8. The molecule has 15 heavy (non-hydrogen) atoms. The molecule has 0 bridgehead atoms. The second-order valence-corrected chi connectivity index (χ2v) is 3.62. The number of nitrogens with zero attached hydrogens (tertiary/aromatic N) is 3. The third-order valence-corrected chi connectivity index (χ3v) is 2.53. The van der Waals surface area contributed by atoms with Crippen molar-refractivity contribution in [1.29, 1.82) is 0 Å². The summed E-state index contributed by atoms with van der Waals surface area (Å²) in [6.45, 7) is 0. The first-order chi connectivity index (χ1) is 7.47. The van der Waals surface area contributed by atoms with Crippen LogP contribution in [0.25, 0.3) is 10.2 Å². The van der Waals surface area contributed by atoms with Crippen molar-refractivity contribution in [3.8, 4) is 0 Å². The number of para-hydroxylation sites is 1. The molecule has 3 nitrogen and oxygen atoms in total. The quantitative estimate of drug-likeness (QED) is 0.578. The normalized spacial score (nSPS) is 9.33. The topological polar surface area (TPSA) is 38.7 Å². The molecule has 0 saturated carbocycles. The summed E-state index contributed by atoms with van der Waals surface area (Å²) in [5, 5.41) is 7.07. The molecule has 0 unspecified atom stereocenters. The number of rotatable bonds is 0.